The van der Waals surface area contributed by atoms with Crippen molar-refractivity contribution in [1.82, 2.24) is 4.57 Å². The molecule has 0 saturated heterocycles. The third kappa shape index (κ3) is 4.40. The molecule has 0 atom stereocenters. The van der Waals surface area contributed by atoms with Crippen molar-refractivity contribution in [2.45, 2.75) is 13.3 Å². The molecule has 144 valence electrons. The molecule has 2 aromatic carbocycles. The molecule has 28 heavy (non-hydrogen) atoms. The largest absolute Gasteiger partial charge is 0.495 e. The molecule has 0 aliphatic heterocycles. The van der Waals surface area contributed by atoms with Crippen LogP contribution in [0.4, 0.5) is 5.69 Å². The highest BCUT2D eigenvalue weighted by atomic mass is 32.1. The highest BCUT2D eigenvalue weighted by molar-refractivity contribution is 7.07. The second-order valence-electron chi connectivity index (χ2n) is 6.24. The van der Waals surface area contributed by atoms with Gasteiger partial charge < -0.3 is 14.6 Å². The van der Waals surface area contributed by atoms with E-state index in [-0.39, 0.29) is 11.5 Å². The van der Waals surface area contributed by atoms with Gasteiger partial charge in [0.1, 0.15) is 10.4 Å². The fraction of sp³-hybridized carbons (Fsp3) is 0.182. The van der Waals surface area contributed by atoms with E-state index in [1.807, 2.05) is 30.3 Å². The number of nitrogens with one attached hydrogen (secondary N) is 1. The summed E-state index contributed by atoms with van der Waals surface area (Å²) in [5.41, 5.74) is 2.66. The summed E-state index contributed by atoms with van der Waals surface area (Å²) in [5.74, 6) is 0.258. The van der Waals surface area contributed by atoms with Crippen molar-refractivity contribution in [3.8, 4) is 5.75 Å². The fourth-order valence-electron chi connectivity index (χ4n) is 2.74. The first-order valence-electron chi connectivity index (χ1n) is 8.94. The maximum atomic E-state index is 12.5. The van der Waals surface area contributed by atoms with Gasteiger partial charge in [0.25, 0.3) is 11.5 Å². The van der Waals surface area contributed by atoms with Crippen LogP contribution in [0.15, 0.2) is 53.3 Å². The molecule has 3 aromatic rings. The summed E-state index contributed by atoms with van der Waals surface area (Å²) in [7, 11) is 3.21. The number of ether oxygens (including phenoxy) is 1. The molecule has 5 nitrogen and oxygen atoms in total. The molecule has 6 heteroatoms. The summed E-state index contributed by atoms with van der Waals surface area (Å²) in [4.78, 5) is 24.9. The Labute approximate surface area is 167 Å². The third-order valence-electron chi connectivity index (χ3n) is 4.37. The average molecular weight is 394 g/mol. The number of benzene rings is 2. The first-order chi connectivity index (χ1) is 13.5. The predicted octanol–water partition coefficient (Wildman–Crippen LogP) is 2.27. The molecule has 0 unspecified atom stereocenters. The second-order valence-corrected chi connectivity index (χ2v) is 7.30. The van der Waals surface area contributed by atoms with E-state index in [9.17, 15) is 9.59 Å². The van der Waals surface area contributed by atoms with Gasteiger partial charge in [-0.3, -0.25) is 9.59 Å². The standard InChI is InChI=1S/C22H22N2O3S/c1-4-15-9-11-16(12-10-15)13-19-22(26)24(2)21(28-19)14-20(25)23-17-7-5-6-8-18(17)27-3/h5-14H,4H2,1-3H3,(H,23,25)/b19-13+,21-14-. The van der Waals surface area contributed by atoms with Gasteiger partial charge in [0.05, 0.1) is 17.3 Å². The number of rotatable bonds is 5. The van der Waals surface area contributed by atoms with Gasteiger partial charge in [-0.1, -0.05) is 43.3 Å². The lowest BCUT2D eigenvalue weighted by Crippen LogP contribution is -2.29. The van der Waals surface area contributed by atoms with Crippen molar-refractivity contribution in [3.63, 3.8) is 0 Å². The van der Waals surface area contributed by atoms with E-state index in [0.29, 0.717) is 20.6 Å². The molecule has 0 radical (unpaired) electrons. The Bertz CT molecular complexity index is 1160. The molecule has 0 fully saturated rings. The lowest BCUT2D eigenvalue weighted by atomic mass is 10.1. The van der Waals surface area contributed by atoms with Crippen molar-refractivity contribution in [2.75, 3.05) is 12.4 Å². The van der Waals surface area contributed by atoms with Gasteiger partial charge in [-0.05, 0) is 35.8 Å². The van der Waals surface area contributed by atoms with Crippen LogP contribution in [0, 0.1) is 0 Å². The SMILES string of the molecule is CCc1ccc(/C=c2/s/c(=C\C(=O)Nc3ccccc3OC)n(C)c2=O)cc1. The van der Waals surface area contributed by atoms with Crippen LogP contribution in [-0.4, -0.2) is 17.6 Å². The zero-order valence-corrected chi connectivity index (χ0v) is 16.9. The zero-order chi connectivity index (χ0) is 20.1. The van der Waals surface area contributed by atoms with Crippen LogP contribution in [0.25, 0.3) is 12.2 Å². The van der Waals surface area contributed by atoms with E-state index >= 15 is 0 Å². The molecular weight excluding hydrogens is 372 g/mol. The number of hydrogen-bond acceptors (Lipinski definition) is 4. The quantitative estimate of drug-likeness (QED) is 0.722. The van der Waals surface area contributed by atoms with E-state index < -0.39 is 0 Å². The number of methoxy groups -OCH3 is 1. The van der Waals surface area contributed by atoms with Gasteiger partial charge in [-0.25, -0.2) is 0 Å². The average Bonchev–Trinajstić information content (AvgIpc) is 2.96. The molecule has 1 aromatic heterocycles. The van der Waals surface area contributed by atoms with E-state index in [1.165, 1.54) is 27.5 Å². The van der Waals surface area contributed by atoms with Crippen LogP contribution < -0.4 is 24.8 Å². The molecule has 0 saturated carbocycles. The maximum absolute atomic E-state index is 12.5. The lowest BCUT2D eigenvalue weighted by Gasteiger charge is -2.07. The molecule has 0 bridgehead atoms. The number of carbonyl (C=O) groups is 1. The summed E-state index contributed by atoms with van der Waals surface area (Å²) in [6.45, 7) is 2.10. The maximum Gasteiger partial charge on any atom is 0.268 e. The molecule has 0 aliphatic rings. The van der Waals surface area contributed by atoms with Gasteiger partial charge in [0.15, 0.2) is 0 Å². The van der Waals surface area contributed by atoms with Crippen LogP contribution in [0.5, 0.6) is 5.75 Å². The summed E-state index contributed by atoms with van der Waals surface area (Å²) in [6, 6.07) is 15.3. The topological polar surface area (TPSA) is 60.3 Å². The molecule has 3 rings (SSSR count). The number of thiazole rings is 1. The summed E-state index contributed by atoms with van der Waals surface area (Å²) < 4.78 is 7.89. The van der Waals surface area contributed by atoms with Crippen molar-refractivity contribution in [2.24, 2.45) is 7.05 Å². The molecule has 1 N–H and O–H groups in total. The first-order valence-corrected chi connectivity index (χ1v) is 9.75. The number of hydrogen-bond donors (Lipinski definition) is 1. The van der Waals surface area contributed by atoms with Gasteiger partial charge in [0, 0.05) is 13.1 Å². The number of para-hydroxylation sites is 2. The van der Waals surface area contributed by atoms with E-state index in [4.69, 9.17) is 4.74 Å². The van der Waals surface area contributed by atoms with Gasteiger partial charge in [-0.2, -0.15) is 0 Å². The summed E-state index contributed by atoms with van der Waals surface area (Å²) in [6.07, 6.45) is 4.25. The molecule has 1 amide bonds. The van der Waals surface area contributed by atoms with Crippen molar-refractivity contribution < 1.29 is 9.53 Å². The molecule has 0 spiro atoms. The molecule has 1 heterocycles. The number of anilines is 1. The molecular formula is C22H22N2O3S. The van der Waals surface area contributed by atoms with E-state index in [2.05, 4.69) is 24.4 Å². The highest BCUT2D eigenvalue weighted by Crippen LogP contribution is 2.22. The Balaban J connectivity index is 1.92. The van der Waals surface area contributed by atoms with E-state index in [0.717, 1.165) is 12.0 Å². The highest BCUT2D eigenvalue weighted by Gasteiger charge is 2.06. The van der Waals surface area contributed by atoms with Crippen molar-refractivity contribution in [3.05, 3.63) is 79.2 Å². The Morgan fingerprint density at radius 2 is 1.89 bits per heavy atom. The minimum atomic E-state index is -0.319. The number of amides is 1. The number of nitrogens with zero attached hydrogens (tertiary/aromatic N) is 1. The number of aryl methyl sites for hydroxylation is 1. The normalized spacial score (nSPS) is 12.2. The Kier molecular flexibility index (Phi) is 6.11. The number of carbonyl (C=O) groups excluding carboxylic acids is 1. The van der Waals surface area contributed by atoms with Crippen LogP contribution in [0.2, 0.25) is 0 Å². The van der Waals surface area contributed by atoms with Crippen LogP contribution in [0.3, 0.4) is 0 Å². The number of aromatic nitrogens is 1. The monoisotopic (exact) mass is 394 g/mol. The molecule has 0 aliphatic carbocycles. The minimum absolute atomic E-state index is 0.124. The Hall–Kier alpha value is -3.12. The van der Waals surface area contributed by atoms with Crippen LogP contribution >= 0.6 is 11.3 Å². The fourth-order valence-corrected chi connectivity index (χ4v) is 3.77. The van der Waals surface area contributed by atoms with Gasteiger partial charge in [-0.15, -0.1) is 11.3 Å². The van der Waals surface area contributed by atoms with Crippen LogP contribution in [0.1, 0.15) is 18.1 Å². The minimum Gasteiger partial charge on any atom is -0.495 e. The van der Waals surface area contributed by atoms with Gasteiger partial charge in [0.2, 0.25) is 0 Å². The predicted molar refractivity (Wildman–Crippen MR) is 114 cm³/mol. The smallest absolute Gasteiger partial charge is 0.268 e. The third-order valence-corrected chi connectivity index (χ3v) is 5.48. The second kappa shape index (κ2) is 8.71. The first kappa shape index (κ1) is 19.6. The summed E-state index contributed by atoms with van der Waals surface area (Å²) >= 11 is 1.29. The summed E-state index contributed by atoms with van der Waals surface area (Å²) in [5, 5.41) is 2.79. The van der Waals surface area contributed by atoms with Crippen molar-refractivity contribution in [1.29, 1.82) is 0 Å². The Morgan fingerprint density at radius 3 is 2.57 bits per heavy atom. The van der Waals surface area contributed by atoms with Crippen LogP contribution in [-0.2, 0) is 18.3 Å². The van der Waals surface area contributed by atoms with Gasteiger partial charge >= 0.3 is 0 Å². The van der Waals surface area contributed by atoms with E-state index in [1.54, 1.807) is 26.3 Å². The zero-order valence-electron chi connectivity index (χ0n) is 16.1. The Morgan fingerprint density at radius 1 is 1.18 bits per heavy atom. The van der Waals surface area contributed by atoms with Crippen molar-refractivity contribution >= 4 is 35.1 Å². The lowest BCUT2D eigenvalue weighted by molar-refractivity contribution is -0.110.